The van der Waals surface area contributed by atoms with Crippen LogP contribution in [0.5, 0.6) is 0 Å². The number of nitrogens with two attached hydrogens (primary N) is 1. The van der Waals surface area contributed by atoms with Gasteiger partial charge in [0.1, 0.15) is 0 Å². The molecular formula is C12H25N3O. The van der Waals surface area contributed by atoms with E-state index in [9.17, 15) is 5.11 Å². The molecule has 3 N–H and O–H groups in total. The topological polar surface area (TPSA) is 52.7 Å². The Morgan fingerprint density at radius 1 is 1.25 bits per heavy atom. The molecule has 0 aromatic carbocycles. The molecule has 0 amide bonds. The Hall–Kier alpha value is -0.160. The molecule has 2 fully saturated rings. The minimum Gasteiger partial charge on any atom is -0.395 e. The van der Waals surface area contributed by atoms with Gasteiger partial charge in [-0.1, -0.05) is 0 Å². The predicted molar refractivity (Wildman–Crippen MR) is 65.3 cm³/mol. The highest BCUT2D eigenvalue weighted by atomic mass is 16.3. The molecule has 0 bridgehead atoms. The van der Waals surface area contributed by atoms with Gasteiger partial charge in [-0.3, -0.25) is 4.90 Å². The second-order valence-corrected chi connectivity index (χ2v) is 5.36. The summed E-state index contributed by atoms with van der Waals surface area (Å²) in [6.07, 6.45) is 3.70. The first-order valence-electron chi connectivity index (χ1n) is 6.51. The van der Waals surface area contributed by atoms with Crippen molar-refractivity contribution in [2.45, 2.75) is 31.3 Å². The molecule has 1 heterocycles. The number of aliphatic hydroxyl groups is 1. The molecule has 4 heteroatoms. The Kier molecular flexibility index (Phi) is 4.19. The number of nitrogens with zero attached hydrogens (tertiary/aromatic N) is 2. The van der Waals surface area contributed by atoms with Crippen molar-refractivity contribution in [1.29, 1.82) is 0 Å². The number of rotatable bonds is 4. The van der Waals surface area contributed by atoms with Crippen molar-refractivity contribution >= 4 is 0 Å². The Morgan fingerprint density at radius 2 is 2.00 bits per heavy atom. The zero-order valence-electron chi connectivity index (χ0n) is 10.3. The predicted octanol–water partition coefficient (Wildman–Crippen LogP) is -0.278. The zero-order valence-corrected chi connectivity index (χ0v) is 10.3. The molecule has 1 aliphatic carbocycles. The first-order valence-corrected chi connectivity index (χ1v) is 6.51. The fraction of sp³-hybridized carbons (Fsp3) is 1.00. The standard InChI is InChI=1S/C12H25N3O/c1-14-5-2-6-15(8-7-14)11(9-16)12(13)10-3-4-10/h10-12,16H,2-9,13H2,1H3. The van der Waals surface area contributed by atoms with Crippen LogP contribution in [0.15, 0.2) is 0 Å². The maximum absolute atomic E-state index is 9.55. The van der Waals surface area contributed by atoms with E-state index in [-0.39, 0.29) is 18.7 Å². The van der Waals surface area contributed by atoms with Gasteiger partial charge >= 0.3 is 0 Å². The molecule has 0 spiro atoms. The Labute approximate surface area is 98.4 Å². The highest BCUT2D eigenvalue weighted by Gasteiger charge is 2.36. The Bertz CT molecular complexity index is 220. The van der Waals surface area contributed by atoms with Crippen molar-refractivity contribution in [2.75, 3.05) is 39.8 Å². The molecule has 0 radical (unpaired) electrons. The van der Waals surface area contributed by atoms with Gasteiger partial charge in [0, 0.05) is 25.2 Å². The summed E-state index contributed by atoms with van der Waals surface area (Å²) in [5.74, 6) is 0.665. The van der Waals surface area contributed by atoms with E-state index < -0.39 is 0 Å². The third-order valence-electron chi connectivity index (χ3n) is 4.02. The van der Waals surface area contributed by atoms with E-state index >= 15 is 0 Å². The van der Waals surface area contributed by atoms with Crippen molar-refractivity contribution in [3.05, 3.63) is 0 Å². The van der Waals surface area contributed by atoms with Crippen LogP contribution in [0.3, 0.4) is 0 Å². The van der Waals surface area contributed by atoms with Gasteiger partial charge in [-0.25, -0.2) is 0 Å². The zero-order chi connectivity index (χ0) is 11.5. The quantitative estimate of drug-likeness (QED) is 0.694. The highest BCUT2D eigenvalue weighted by molar-refractivity contribution is 4.93. The monoisotopic (exact) mass is 227 g/mol. The van der Waals surface area contributed by atoms with Gasteiger partial charge in [-0.05, 0) is 45.3 Å². The van der Waals surface area contributed by atoms with Crippen molar-refractivity contribution in [3.63, 3.8) is 0 Å². The first-order chi connectivity index (χ1) is 7.72. The highest BCUT2D eigenvalue weighted by Crippen LogP contribution is 2.34. The third-order valence-corrected chi connectivity index (χ3v) is 4.02. The van der Waals surface area contributed by atoms with Gasteiger partial charge in [0.15, 0.2) is 0 Å². The van der Waals surface area contributed by atoms with Gasteiger partial charge < -0.3 is 15.7 Å². The summed E-state index contributed by atoms with van der Waals surface area (Å²) in [4.78, 5) is 4.75. The van der Waals surface area contributed by atoms with Gasteiger partial charge in [0.05, 0.1) is 6.61 Å². The average Bonchev–Trinajstić information content (AvgIpc) is 3.07. The summed E-state index contributed by atoms with van der Waals surface area (Å²) in [6, 6.07) is 0.354. The van der Waals surface area contributed by atoms with E-state index in [0.29, 0.717) is 5.92 Å². The second kappa shape index (κ2) is 5.45. The van der Waals surface area contributed by atoms with E-state index in [1.165, 1.54) is 19.3 Å². The largest absolute Gasteiger partial charge is 0.395 e. The Balaban J connectivity index is 1.91. The fourth-order valence-corrected chi connectivity index (χ4v) is 2.67. The van der Waals surface area contributed by atoms with Gasteiger partial charge in [0.25, 0.3) is 0 Å². The summed E-state index contributed by atoms with van der Waals surface area (Å²) >= 11 is 0. The maximum atomic E-state index is 9.55. The summed E-state index contributed by atoms with van der Waals surface area (Å²) in [5, 5.41) is 9.55. The van der Waals surface area contributed by atoms with Crippen LogP contribution in [-0.2, 0) is 0 Å². The minimum atomic E-state index is 0.174. The normalized spacial score (nSPS) is 28.7. The van der Waals surface area contributed by atoms with Crippen molar-refractivity contribution in [3.8, 4) is 0 Å². The lowest BCUT2D eigenvalue weighted by Crippen LogP contribution is -2.52. The summed E-state index contributed by atoms with van der Waals surface area (Å²) < 4.78 is 0. The molecule has 1 saturated carbocycles. The number of hydrogen-bond acceptors (Lipinski definition) is 4. The molecule has 1 saturated heterocycles. The molecule has 2 atom stereocenters. The molecule has 2 unspecified atom stereocenters. The van der Waals surface area contributed by atoms with E-state index in [1.54, 1.807) is 0 Å². The van der Waals surface area contributed by atoms with Crippen molar-refractivity contribution in [2.24, 2.45) is 11.7 Å². The van der Waals surface area contributed by atoms with Crippen LogP contribution in [0.1, 0.15) is 19.3 Å². The molecule has 1 aliphatic heterocycles. The smallest absolute Gasteiger partial charge is 0.0602 e. The summed E-state index contributed by atoms with van der Waals surface area (Å²) in [6.45, 7) is 4.58. The molecule has 0 aromatic heterocycles. The van der Waals surface area contributed by atoms with Crippen LogP contribution >= 0.6 is 0 Å². The van der Waals surface area contributed by atoms with Crippen LogP contribution in [0.25, 0.3) is 0 Å². The lowest BCUT2D eigenvalue weighted by atomic mass is 10.0. The van der Waals surface area contributed by atoms with Crippen LogP contribution in [0.4, 0.5) is 0 Å². The lowest BCUT2D eigenvalue weighted by Gasteiger charge is -2.33. The summed E-state index contributed by atoms with van der Waals surface area (Å²) in [7, 11) is 2.16. The number of likely N-dealkylation sites (N-methyl/N-ethyl adjacent to an activating group) is 1. The molecular weight excluding hydrogens is 202 g/mol. The van der Waals surface area contributed by atoms with Crippen molar-refractivity contribution < 1.29 is 5.11 Å². The molecule has 4 nitrogen and oxygen atoms in total. The lowest BCUT2D eigenvalue weighted by molar-refractivity contribution is 0.101. The SMILES string of the molecule is CN1CCCN(C(CO)C(N)C2CC2)CC1. The van der Waals surface area contributed by atoms with E-state index in [1.807, 2.05) is 0 Å². The molecule has 16 heavy (non-hydrogen) atoms. The number of hydrogen-bond donors (Lipinski definition) is 2. The Morgan fingerprint density at radius 3 is 2.62 bits per heavy atom. The van der Waals surface area contributed by atoms with E-state index in [0.717, 1.165) is 26.2 Å². The maximum Gasteiger partial charge on any atom is 0.0602 e. The number of aliphatic hydroxyl groups excluding tert-OH is 1. The van der Waals surface area contributed by atoms with Gasteiger partial charge in [0.2, 0.25) is 0 Å². The summed E-state index contributed by atoms with van der Waals surface area (Å²) in [5.41, 5.74) is 6.23. The minimum absolute atomic E-state index is 0.174. The van der Waals surface area contributed by atoms with Crippen LogP contribution in [0.2, 0.25) is 0 Å². The molecule has 2 rings (SSSR count). The first kappa shape index (κ1) is 12.3. The van der Waals surface area contributed by atoms with Crippen LogP contribution in [-0.4, -0.2) is 66.8 Å². The van der Waals surface area contributed by atoms with Gasteiger partial charge in [-0.2, -0.15) is 0 Å². The van der Waals surface area contributed by atoms with Gasteiger partial charge in [-0.15, -0.1) is 0 Å². The van der Waals surface area contributed by atoms with Crippen LogP contribution < -0.4 is 5.73 Å². The average molecular weight is 227 g/mol. The fourth-order valence-electron chi connectivity index (χ4n) is 2.67. The van der Waals surface area contributed by atoms with Crippen molar-refractivity contribution in [1.82, 2.24) is 9.80 Å². The van der Waals surface area contributed by atoms with E-state index in [2.05, 4.69) is 16.8 Å². The molecule has 0 aromatic rings. The molecule has 2 aliphatic rings. The third kappa shape index (κ3) is 2.94. The second-order valence-electron chi connectivity index (χ2n) is 5.36. The van der Waals surface area contributed by atoms with E-state index in [4.69, 9.17) is 5.73 Å². The molecule has 94 valence electrons. The van der Waals surface area contributed by atoms with Crippen LogP contribution in [0, 0.1) is 5.92 Å².